The molecule has 2 heterocycles. The van der Waals surface area contributed by atoms with E-state index in [9.17, 15) is 19.2 Å². The first-order chi connectivity index (χ1) is 12.9. The minimum atomic E-state index is -0.688. The van der Waals surface area contributed by atoms with Crippen LogP contribution in [0.3, 0.4) is 0 Å². The molecule has 27 heavy (non-hydrogen) atoms. The van der Waals surface area contributed by atoms with Crippen molar-refractivity contribution in [1.29, 1.82) is 0 Å². The molecule has 0 atom stereocenters. The van der Waals surface area contributed by atoms with Crippen molar-refractivity contribution >= 4 is 56.2 Å². The van der Waals surface area contributed by atoms with Crippen LogP contribution in [-0.2, 0) is 9.53 Å². The van der Waals surface area contributed by atoms with Crippen molar-refractivity contribution in [2.45, 2.75) is 13.3 Å². The van der Waals surface area contributed by atoms with E-state index in [0.717, 1.165) is 16.4 Å². The zero-order chi connectivity index (χ0) is 19.6. The lowest BCUT2D eigenvalue weighted by atomic mass is 10.1. The van der Waals surface area contributed by atoms with Crippen molar-refractivity contribution in [3.8, 4) is 0 Å². The summed E-state index contributed by atoms with van der Waals surface area (Å²) in [6, 6.07) is 4.81. The van der Waals surface area contributed by atoms with Crippen molar-refractivity contribution in [3.05, 3.63) is 39.5 Å². The molecule has 0 fully saturated rings. The number of esters is 1. The Bertz CT molecular complexity index is 945. The van der Waals surface area contributed by atoms with Gasteiger partial charge in [-0.25, -0.2) is 4.79 Å². The van der Waals surface area contributed by atoms with Crippen LogP contribution in [0.5, 0.6) is 0 Å². The molecule has 1 N–H and O–H groups in total. The van der Waals surface area contributed by atoms with Gasteiger partial charge in [-0.15, -0.1) is 5.10 Å². The van der Waals surface area contributed by atoms with Crippen LogP contribution in [0.1, 0.15) is 44.5 Å². The third-order valence-corrected chi connectivity index (χ3v) is 4.84. The van der Waals surface area contributed by atoms with E-state index in [0.29, 0.717) is 15.6 Å². The van der Waals surface area contributed by atoms with Crippen LogP contribution in [0, 0.1) is 0 Å². The largest absolute Gasteiger partial charge is 0.461 e. The van der Waals surface area contributed by atoms with Crippen LogP contribution >= 0.6 is 27.5 Å². The normalized spacial score (nSPS) is 12.9. The SMILES string of the molecule is CCOC(=O)c1nnsc1NC(=O)CCN1C(=O)c2ccc(Br)cc2C1=O. The fourth-order valence-corrected chi connectivity index (χ4v) is 3.41. The van der Waals surface area contributed by atoms with Gasteiger partial charge in [-0.1, -0.05) is 20.4 Å². The van der Waals surface area contributed by atoms with Gasteiger partial charge >= 0.3 is 5.97 Å². The summed E-state index contributed by atoms with van der Waals surface area (Å²) in [5.74, 6) is -2.06. The monoisotopic (exact) mass is 452 g/mol. The summed E-state index contributed by atoms with van der Waals surface area (Å²) < 4.78 is 9.15. The van der Waals surface area contributed by atoms with Crippen molar-refractivity contribution < 1.29 is 23.9 Å². The van der Waals surface area contributed by atoms with Gasteiger partial charge in [0.05, 0.1) is 17.7 Å². The van der Waals surface area contributed by atoms with Crippen molar-refractivity contribution in [3.63, 3.8) is 0 Å². The summed E-state index contributed by atoms with van der Waals surface area (Å²) in [5, 5.41) is 6.31. The minimum Gasteiger partial charge on any atom is -0.461 e. The average Bonchev–Trinajstić information content (AvgIpc) is 3.17. The first kappa shape index (κ1) is 19.1. The number of carbonyl (C=O) groups is 4. The van der Waals surface area contributed by atoms with Gasteiger partial charge in [-0.2, -0.15) is 0 Å². The maximum atomic E-state index is 12.4. The number of aromatic nitrogens is 2. The number of nitrogens with one attached hydrogen (secondary N) is 1. The zero-order valence-corrected chi connectivity index (χ0v) is 16.4. The summed E-state index contributed by atoms with van der Waals surface area (Å²) in [4.78, 5) is 49.7. The summed E-state index contributed by atoms with van der Waals surface area (Å²) in [5.41, 5.74) is 0.520. The lowest BCUT2D eigenvalue weighted by Crippen LogP contribution is -2.32. The minimum absolute atomic E-state index is 0.0826. The molecule has 1 aromatic heterocycles. The number of halogens is 1. The molecule has 0 saturated carbocycles. The van der Waals surface area contributed by atoms with Crippen molar-refractivity contribution in [2.24, 2.45) is 0 Å². The molecule has 11 heteroatoms. The highest BCUT2D eigenvalue weighted by molar-refractivity contribution is 9.10. The second-order valence-corrected chi connectivity index (χ2v) is 7.09. The van der Waals surface area contributed by atoms with Gasteiger partial charge in [0, 0.05) is 29.0 Å². The number of hydrogen-bond acceptors (Lipinski definition) is 8. The number of hydrogen-bond donors (Lipinski definition) is 1. The fourth-order valence-electron chi connectivity index (χ4n) is 2.47. The molecule has 3 rings (SSSR count). The fraction of sp³-hybridized carbons (Fsp3) is 0.250. The molecule has 1 aliphatic rings. The number of carbonyl (C=O) groups excluding carboxylic acids is 4. The third-order valence-electron chi connectivity index (χ3n) is 3.70. The Labute approximate surface area is 166 Å². The molecule has 9 nitrogen and oxygen atoms in total. The van der Waals surface area contributed by atoms with Gasteiger partial charge in [-0.3, -0.25) is 19.3 Å². The number of imide groups is 1. The number of anilines is 1. The quantitative estimate of drug-likeness (QED) is 0.526. The molecule has 0 spiro atoms. The Balaban J connectivity index is 1.62. The van der Waals surface area contributed by atoms with Gasteiger partial charge in [0.25, 0.3) is 11.8 Å². The number of ether oxygens (including phenoxy) is 1. The number of benzene rings is 1. The van der Waals surface area contributed by atoms with E-state index in [2.05, 4.69) is 30.8 Å². The second-order valence-electron chi connectivity index (χ2n) is 5.42. The summed E-state index contributed by atoms with van der Waals surface area (Å²) in [6.07, 6.45) is -0.132. The molecule has 0 bridgehead atoms. The van der Waals surface area contributed by atoms with Crippen molar-refractivity contribution in [2.75, 3.05) is 18.5 Å². The summed E-state index contributed by atoms with van der Waals surface area (Å²) in [6.45, 7) is 1.73. The number of fused-ring (bicyclic) bond motifs is 1. The maximum Gasteiger partial charge on any atom is 0.362 e. The number of nitrogens with zero attached hydrogens (tertiary/aromatic N) is 3. The molecule has 1 aromatic carbocycles. The molecule has 1 aliphatic heterocycles. The Hall–Kier alpha value is -2.66. The molecular formula is C16H13BrN4O5S. The molecule has 140 valence electrons. The van der Waals surface area contributed by atoms with E-state index in [1.165, 1.54) is 0 Å². The lowest BCUT2D eigenvalue weighted by molar-refractivity contribution is -0.116. The average molecular weight is 453 g/mol. The van der Waals surface area contributed by atoms with E-state index in [4.69, 9.17) is 4.74 Å². The Morgan fingerprint density at radius 2 is 2.00 bits per heavy atom. The van der Waals surface area contributed by atoms with E-state index < -0.39 is 23.7 Å². The standard InChI is InChI=1S/C16H13BrN4O5S/c1-2-26-16(25)12-13(27-20-19-12)18-11(22)5-6-21-14(23)9-4-3-8(17)7-10(9)15(21)24/h3-4,7H,2,5-6H2,1H3,(H,18,22). The molecule has 0 radical (unpaired) electrons. The molecular weight excluding hydrogens is 440 g/mol. The van der Waals surface area contributed by atoms with E-state index in [1.807, 2.05) is 0 Å². The van der Waals surface area contributed by atoms with E-state index in [1.54, 1.807) is 25.1 Å². The lowest BCUT2D eigenvalue weighted by Gasteiger charge is -2.13. The number of rotatable bonds is 6. The van der Waals surface area contributed by atoms with Crippen LogP contribution < -0.4 is 5.32 Å². The van der Waals surface area contributed by atoms with Crippen LogP contribution in [0.2, 0.25) is 0 Å². The molecule has 3 amide bonds. The molecule has 0 unspecified atom stereocenters. The number of amides is 3. The summed E-state index contributed by atoms with van der Waals surface area (Å²) in [7, 11) is 0. The van der Waals surface area contributed by atoms with Crippen LogP contribution in [0.25, 0.3) is 0 Å². The van der Waals surface area contributed by atoms with Gasteiger partial charge in [-0.05, 0) is 25.1 Å². The van der Waals surface area contributed by atoms with Crippen LogP contribution in [0.4, 0.5) is 5.00 Å². The predicted molar refractivity (Wildman–Crippen MR) is 98.6 cm³/mol. The topological polar surface area (TPSA) is 119 Å². The van der Waals surface area contributed by atoms with Gasteiger partial charge in [0.1, 0.15) is 0 Å². The van der Waals surface area contributed by atoms with Gasteiger partial charge in [0.2, 0.25) is 11.6 Å². The van der Waals surface area contributed by atoms with Gasteiger partial charge in [0.15, 0.2) is 5.00 Å². The highest BCUT2D eigenvalue weighted by Crippen LogP contribution is 2.26. The Morgan fingerprint density at radius 3 is 2.74 bits per heavy atom. The second kappa shape index (κ2) is 7.92. The summed E-state index contributed by atoms with van der Waals surface area (Å²) >= 11 is 4.10. The van der Waals surface area contributed by atoms with Crippen LogP contribution in [0.15, 0.2) is 22.7 Å². The first-order valence-corrected chi connectivity index (χ1v) is 9.44. The Kier molecular flexibility index (Phi) is 5.61. The highest BCUT2D eigenvalue weighted by Gasteiger charge is 2.35. The molecule has 2 aromatic rings. The molecule has 0 saturated heterocycles. The van der Waals surface area contributed by atoms with Gasteiger partial charge < -0.3 is 10.1 Å². The van der Waals surface area contributed by atoms with E-state index in [-0.39, 0.29) is 30.3 Å². The van der Waals surface area contributed by atoms with E-state index >= 15 is 0 Å². The smallest absolute Gasteiger partial charge is 0.362 e. The zero-order valence-electron chi connectivity index (χ0n) is 14.0. The third kappa shape index (κ3) is 3.88. The predicted octanol–water partition coefficient (Wildman–Crippen LogP) is 2.10. The molecule has 0 aliphatic carbocycles. The van der Waals surface area contributed by atoms with Crippen molar-refractivity contribution in [1.82, 2.24) is 14.5 Å². The Morgan fingerprint density at radius 1 is 1.26 bits per heavy atom. The first-order valence-electron chi connectivity index (χ1n) is 7.87. The maximum absolute atomic E-state index is 12.4. The highest BCUT2D eigenvalue weighted by atomic mass is 79.9. The van der Waals surface area contributed by atoms with Crippen LogP contribution in [-0.4, -0.2) is 51.3 Å².